The van der Waals surface area contributed by atoms with Gasteiger partial charge in [0.05, 0.1) is 5.54 Å². The van der Waals surface area contributed by atoms with E-state index < -0.39 is 0 Å². The standard InChI is InChI=1S/C14H23N3OS.2ClH/c1-3-14(2,13-16-7-8-19-13)17-12(18)11-6-4-5-10(11)9-15;;/h7-8,10-11H,3-6,9,15H2,1-2H3,(H,17,18);2*1H/t10-,11-,14?;;/m1../s1. The van der Waals surface area contributed by atoms with Gasteiger partial charge in [-0.3, -0.25) is 4.79 Å². The van der Waals surface area contributed by atoms with Crippen LogP contribution in [0.2, 0.25) is 0 Å². The Morgan fingerprint density at radius 2 is 2.24 bits per heavy atom. The van der Waals surface area contributed by atoms with Gasteiger partial charge in [0.1, 0.15) is 5.01 Å². The van der Waals surface area contributed by atoms with Crippen LogP contribution in [0.15, 0.2) is 11.6 Å². The smallest absolute Gasteiger partial charge is 0.224 e. The largest absolute Gasteiger partial charge is 0.344 e. The molecule has 1 aliphatic carbocycles. The van der Waals surface area contributed by atoms with Crippen LogP contribution in [0.25, 0.3) is 0 Å². The lowest BCUT2D eigenvalue weighted by Crippen LogP contribution is -2.47. The molecule has 7 heteroatoms. The second kappa shape index (κ2) is 8.93. The Kier molecular flexibility index (Phi) is 8.78. The number of aromatic nitrogens is 1. The molecule has 1 aromatic rings. The Hall–Kier alpha value is -0.360. The molecule has 0 aliphatic heterocycles. The summed E-state index contributed by atoms with van der Waals surface area (Å²) < 4.78 is 0. The van der Waals surface area contributed by atoms with Gasteiger partial charge in [-0.25, -0.2) is 4.98 Å². The normalized spacial score (nSPS) is 23.6. The minimum absolute atomic E-state index is 0. The fourth-order valence-electron chi connectivity index (χ4n) is 2.82. The van der Waals surface area contributed by atoms with E-state index in [0.29, 0.717) is 12.5 Å². The average molecular weight is 354 g/mol. The molecule has 0 saturated heterocycles. The minimum atomic E-state index is -0.354. The Morgan fingerprint density at radius 3 is 2.76 bits per heavy atom. The van der Waals surface area contributed by atoms with Crippen molar-refractivity contribution in [1.29, 1.82) is 0 Å². The van der Waals surface area contributed by atoms with Crippen LogP contribution in [0.4, 0.5) is 0 Å². The predicted octanol–water partition coefficient (Wildman–Crippen LogP) is 3.10. The van der Waals surface area contributed by atoms with Gasteiger partial charge in [-0.05, 0) is 38.6 Å². The van der Waals surface area contributed by atoms with Gasteiger partial charge in [0.25, 0.3) is 0 Å². The van der Waals surface area contributed by atoms with Crippen molar-refractivity contribution in [3.8, 4) is 0 Å². The first kappa shape index (κ1) is 20.6. The summed E-state index contributed by atoms with van der Waals surface area (Å²) in [6.45, 7) is 4.74. The molecule has 3 atom stereocenters. The fourth-order valence-corrected chi connectivity index (χ4v) is 3.65. The summed E-state index contributed by atoms with van der Waals surface area (Å²) in [5.41, 5.74) is 5.41. The molecule has 1 heterocycles. The van der Waals surface area contributed by atoms with Crippen LogP contribution in [0.5, 0.6) is 0 Å². The number of carbonyl (C=O) groups is 1. The number of nitrogens with two attached hydrogens (primary N) is 1. The molecule has 1 aliphatic rings. The number of carbonyl (C=O) groups excluding carboxylic acids is 1. The lowest BCUT2D eigenvalue weighted by molar-refractivity contribution is -0.128. The van der Waals surface area contributed by atoms with Gasteiger partial charge in [0.2, 0.25) is 5.91 Å². The van der Waals surface area contributed by atoms with Crippen LogP contribution in [0.3, 0.4) is 0 Å². The maximum atomic E-state index is 12.5. The zero-order valence-electron chi connectivity index (χ0n) is 12.5. The number of rotatable bonds is 5. The summed E-state index contributed by atoms with van der Waals surface area (Å²) in [7, 11) is 0. The van der Waals surface area contributed by atoms with Gasteiger partial charge in [-0.2, -0.15) is 0 Å². The molecule has 1 amide bonds. The molecule has 2 rings (SSSR count). The highest BCUT2D eigenvalue weighted by Crippen LogP contribution is 2.33. The highest BCUT2D eigenvalue weighted by molar-refractivity contribution is 7.09. The fraction of sp³-hybridized carbons (Fsp3) is 0.714. The molecule has 0 spiro atoms. The number of amides is 1. The maximum absolute atomic E-state index is 12.5. The van der Waals surface area contributed by atoms with Gasteiger partial charge >= 0.3 is 0 Å². The minimum Gasteiger partial charge on any atom is -0.344 e. The highest BCUT2D eigenvalue weighted by atomic mass is 35.5. The lowest BCUT2D eigenvalue weighted by Gasteiger charge is -2.30. The number of hydrogen-bond donors (Lipinski definition) is 2. The van der Waals surface area contributed by atoms with E-state index in [2.05, 4.69) is 24.1 Å². The Morgan fingerprint density at radius 1 is 1.52 bits per heavy atom. The molecule has 0 radical (unpaired) electrons. The Balaban J connectivity index is 0.00000200. The van der Waals surface area contributed by atoms with E-state index in [4.69, 9.17) is 5.73 Å². The van der Waals surface area contributed by atoms with E-state index >= 15 is 0 Å². The van der Waals surface area contributed by atoms with E-state index in [1.54, 1.807) is 17.5 Å². The van der Waals surface area contributed by atoms with Crippen molar-refractivity contribution >= 4 is 42.1 Å². The summed E-state index contributed by atoms with van der Waals surface area (Å²) in [6.07, 6.45) is 5.78. The number of nitrogens with zero attached hydrogens (tertiary/aromatic N) is 1. The van der Waals surface area contributed by atoms with Crippen LogP contribution in [0.1, 0.15) is 44.5 Å². The average Bonchev–Trinajstić information content (AvgIpc) is 3.09. The van der Waals surface area contributed by atoms with E-state index in [1.807, 2.05) is 5.38 Å². The van der Waals surface area contributed by atoms with Crippen LogP contribution in [0, 0.1) is 11.8 Å². The second-order valence-electron chi connectivity index (χ2n) is 5.55. The molecule has 1 aromatic heterocycles. The topological polar surface area (TPSA) is 68.0 Å². The lowest BCUT2D eigenvalue weighted by atomic mass is 9.92. The number of halogens is 2. The van der Waals surface area contributed by atoms with Crippen molar-refractivity contribution < 1.29 is 4.79 Å². The van der Waals surface area contributed by atoms with E-state index in [9.17, 15) is 4.79 Å². The molecular weight excluding hydrogens is 329 g/mol. The van der Waals surface area contributed by atoms with Gasteiger partial charge in [0.15, 0.2) is 0 Å². The third-order valence-electron chi connectivity index (χ3n) is 4.31. The molecule has 1 fully saturated rings. The molecule has 122 valence electrons. The van der Waals surface area contributed by atoms with Crippen LogP contribution in [-0.2, 0) is 10.3 Å². The van der Waals surface area contributed by atoms with E-state index in [0.717, 1.165) is 30.7 Å². The van der Waals surface area contributed by atoms with Crippen molar-refractivity contribution in [2.45, 2.75) is 45.1 Å². The van der Waals surface area contributed by atoms with Crippen molar-refractivity contribution in [2.24, 2.45) is 17.6 Å². The summed E-state index contributed by atoms with van der Waals surface area (Å²) in [5, 5.41) is 6.13. The van der Waals surface area contributed by atoms with Gasteiger partial charge in [-0.1, -0.05) is 13.3 Å². The summed E-state index contributed by atoms with van der Waals surface area (Å²) >= 11 is 1.60. The summed E-state index contributed by atoms with van der Waals surface area (Å²) in [6, 6.07) is 0. The monoisotopic (exact) mass is 353 g/mol. The van der Waals surface area contributed by atoms with Crippen molar-refractivity contribution in [1.82, 2.24) is 10.3 Å². The van der Waals surface area contributed by atoms with Gasteiger partial charge < -0.3 is 11.1 Å². The second-order valence-corrected chi connectivity index (χ2v) is 6.44. The molecule has 0 bridgehead atoms. The summed E-state index contributed by atoms with van der Waals surface area (Å²) in [4.78, 5) is 16.9. The van der Waals surface area contributed by atoms with Crippen LogP contribution < -0.4 is 11.1 Å². The van der Waals surface area contributed by atoms with Crippen LogP contribution in [-0.4, -0.2) is 17.4 Å². The molecule has 1 saturated carbocycles. The molecule has 4 nitrogen and oxygen atoms in total. The number of thiazole rings is 1. The SMILES string of the molecule is CCC(C)(NC(=O)[C@@H]1CCC[C@@H]1CN)c1nccs1.Cl.Cl. The van der Waals surface area contributed by atoms with E-state index in [-0.39, 0.29) is 42.2 Å². The van der Waals surface area contributed by atoms with Crippen molar-refractivity contribution in [3.63, 3.8) is 0 Å². The first-order valence-corrected chi connectivity index (χ1v) is 7.90. The first-order valence-electron chi connectivity index (χ1n) is 7.02. The predicted molar refractivity (Wildman–Crippen MR) is 92.3 cm³/mol. The zero-order chi connectivity index (χ0) is 13.9. The van der Waals surface area contributed by atoms with Gasteiger partial charge in [-0.15, -0.1) is 36.2 Å². The third kappa shape index (κ3) is 4.55. The molecular formula is C14H25Cl2N3OS. The van der Waals surface area contributed by atoms with Gasteiger partial charge in [0, 0.05) is 17.5 Å². The molecule has 0 aromatic carbocycles. The molecule has 21 heavy (non-hydrogen) atoms. The molecule has 1 unspecified atom stereocenters. The van der Waals surface area contributed by atoms with Crippen LogP contribution >= 0.6 is 36.2 Å². The van der Waals surface area contributed by atoms with E-state index in [1.165, 1.54) is 0 Å². The maximum Gasteiger partial charge on any atom is 0.224 e. The molecule has 3 N–H and O–H groups in total. The Bertz CT molecular complexity index is 430. The number of nitrogens with one attached hydrogen (secondary N) is 1. The number of hydrogen-bond acceptors (Lipinski definition) is 4. The highest BCUT2D eigenvalue weighted by Gasteiger charge is 2.36. The van der Waals surface area contributed by atoms with Crippen molar-refractivity contribution in [3.05, 3.63) is 16.6 Å². The third-order valence-corrected chi connectivity index (χ3v) is 5.35. The zero-order valence-corrected chi connectivity index (χ0v) is 15.0. The summed E-state index contributed by atoms with van der Waals surface area (Å²) in [5.74, 6) is 0.570. The van der Waals surface area contributed by atoms with Crippen molar-refractivity contribution in [2.75, 3.05) is 6.54 Å². The quantitative estimate of drug-likeness (QED) is 0.854. The first-order chi connectivity index (χ1) is 9.10. The Labute approximate surface area is 143 Å².